The zero-order valence-corrected chi connectivity index (χ0v) is 15.0. The van der Waals surface area contributed by atoms with E-state index in [4.69, 9.17) is 0 Å². The lowest BCUT2D eigenvalue weighted by atomic mass is 10.1. The predicted octanol–water partition coefficient (Wildman–Crippen LogP) is 1.57. The van der Waals surface area contributed by atoms with Gasteiger partial charge in [0.15, 0.2) is 5.96 Å². The van der Waals surface area contributed by atoms with Gasteiger partial charge in [-0.25, -0.2) is 15.0 Å². The summed E-state index contributed by atoms with van der Waals surface area (Å²) >= 11 is 0. The Balaban J connectivity index is 1.99. The zero-order chi connectivity index (χ0) is 16.8. The lowest BCUT2D eigenvalue weighted by Crippen LogP contribution is -2.46. The van der Waals surface area contributed by atoms with Crippen LogP contribution in [0.2, 0.25) is 0 Å². The molecule has 2 heterocycles. The number of hydrogen-bond donors (Lipinski definition) is 2. The highest BCUT2D eigenvalue weighted by atomic mass is 15.3. The Labute approximate surface area is 139 Å². The Morgan fingerprint density at radius 3 is 2.83 bits per heavy atom. The fourth-order valence-corrected chi connectivity index (χ4v) is 2.86. The normalized spacial score (nSPS) is 22.6. The number of aliphatic imine (C=N–C) groups is 1. The van der Waals surface area contributed by atoms with Crippen LogP contribution in [0.5, 0.6) is 0 Å². The van der Waals surface area contributed by atoms with Crippen LogP contribution in [0.4, 0.5) is 0 Å². The molecule has 2 rings (SSSR count). The summed E-state index contributed by atoms with van der Waals surface area (Å²) < 4.78 is 0. The van der Waals surface area contributed by atoms with Crippen LogP contribution in [0, 0.1) is 12.8 Å². The fourth-order valence-electron chi connectivity index (χ4n) is 2.86. The van der Waals surface area contributed by atoms with Gasteiger partial charge in [0.2, 0.25) is 0 Å². The van der Waals surface area contributed by atoms with Gasteiger partial charge >= 0.3 is 0 Å². The molecule has 0 radical (unpaired) electrons. The van der Waals surface area contributed by atoms with Crippen molar-refractivity contribution in [1.29, 1.82) is 0 Å². The van der Waals surface area contributed by atoms with Gasteiger partial charge in [-0.15, -0.1) is 0 Å². The number of rotatable bonds is 5. The molecular formula is C17H30N6. The first-order valence-electron chi connectivity index (χ1n) is 8.57. The molecule has 1 saturated heterocycles. The van der Waals surface area contributed by atoms with Crippen LogP contribution in [-0.4, -0.2) is 52.5 Å². The van der Waals surface area contributed by atoms with Gasteiger partial charge in [0.05, 0.1) is 12.2 Å². The molecule has 0 aromatic carbocycles. The Morgan fingerprint density at radius 2 is 2.22 bits per heavy atom. The maximum Gasteiger partial charge on any atom is 0.191 e. The number of aromatic nitrogens is 2. The van der Waals surface area contributed by atoms with Crippen LogP contribution in [-0.2, 0) is 6.54 Å². The highest BCUT2D eigenvalue weighted by Crippen LogP contribution is 2.18. The minimum Gasteiger partial charge on any atom is -0.357 e. The maximum absolute atomic E-state index is 4.68. The van der Waals surface area contributed by atoms with E-state index in [-0.39, 0.29) is 0 Å². The summed E-state index contributed by atoms with van der Waals surface area (Å²) in [5, 5.41) is 6.93. The van der Waals surface area contributed by atoms with Crippen LogP contribution in [0.15, 0.2) is 17.3 Å². The summed E-state index contributed by atoms with van der Waals surface area (Å²) in [4.78, 5) is 15.7. The lowest BCUT2D eigenvalue weighted by molar-refractivity contribution is 0.265. The third kappa shape index (κ3) is 5.16. The topological polar surface area (TPSA) is 65.4 Å². The van der Waals surface area contributed by atoms with Crippen molar-refractivity contribution in [1.82, 2.24) is 25.5 Å². The third-order valence-electron chi connectivity index (χ3n) is 4.27. The van der Waals surface area contributed by atoms with Crippen molar-refractivity contribution in [2.24, 2.45) is 10.9 Å². The van der Waals surface area contributed by atoms with Crippen molar-refractivity contribution in [3.05, 3.63) is 23.8 Å². The van der Waals surface area contributed by atoms with Gasteiger partial charge in [0, 0.05) is 37.9 Å². The number of likely N-dealkylation sites (tertiary alicyclic amines) is 1. The van der Waals surface area contributed by atoms with Gasteiger partial charge in [-0.05, 0) is 39.7 Å². The van der Waals surface area contributed by atoms with Crippen LogP contribution in [0.1, 0.15) is 39.2 Å². The Morgan fingerprint density at radius 1 is 1.43 bits per heavy atom. The van der Waals surface area contributed by atoms with Gasteiger partial charge in [0.25, 0.3) is 0 Å². The summed E-state index contributed by atoms with van der Waals surface area (Å²) in [7, 11) is 0. The average Bonchev–Trinajstić information content (AvgIpc) is 2.86. The molecule has 0 aliphatic carbocycles. The smallest absolute Gasteiger partial charge is 0.191 e. The summed E-state index contributed by atoms with van der Waals surface area (Å²) in [6.45, 7) is 14.4. The van der Waals surface area contributed by atoms with Gasteiger partial charge in [-0.1, -0.05) is 6.92 Å². The molecule has 2 atom stereocenters. The second-order valence-electron chi connectivity index (χ2n) is 6.57. The largest absolute Gasteiger partial charge is 0.357 e. The van der Waals surface area contributed by atoms with E-state index in [1.165, 1.54) is 0 Å². The Hall–Kier alpha value is -1.69. The van der Waals surface area contributed by atoms with Gasteiger partial charge in [0.1, 0.15) is 5.82 Å². The molecule has 6 nitrogen and oxygen atoms in total. The molecule has 23 heavy (non-hydrogen) atoms. The van der Waals surface area contributed by atoms with Crippen molar-refractivity contribution in [3.63, 3.8) is 0 Å². The quantitative estimate of drug-likeness (QED) is 0.637. The molecule has 1 aromatic rings. The minimum absolute atomic E-state index is 0.433. The third-order valence-corrected chi connectivity index (χ3v) is 4.27. The summed E-state index contributed by atoms with van der Waals surface area (Å²) in [5.74, 6) is 2.27. The second-order valence-corrected chi connectivity index (χ2v) is 6.57. The Kier molecular flexibility index (Phi) is 6.33. The fraction of sp³-hybridized carbons (Fsp3) is 0.706. The molecule has 0 spiro atoms. The van der Waals surface area contributed by atoms with Crippen LogP contribution in [0.25, 0.3) is 0 Å². The minimum atomic E-state index is 0.433. The number of hydrogen-bond acceptors (Lipinski definition) is 4. The molecule has 1 aromatic heterocycles. The Bertz CT molecular complexity index is 528. The zero-order valence-electron chi connectivity index (χ0n) is 15.0. The molecule has 6 heteroatoms. The average molecular weight is 318 g/mol. The first kappa shape index (κ1) is 17.7. The standard InChI is InChI=1S/C17H30N6/c1-6-18-17(20-9-15-7-8-19-14(5)21-15)22-16-11-23(12(2)3)10-13(16)4/h7-8,12-13,16H,6,9-11H2,1-5H3,(H2,18,20,22). The van der Waals surface area contributed by atoms with Crippen molar-refractivity contribution < 1.29 is 0 Å². The molecule has 1 aliphatic heterocycles. The van der Waals surface area contributed by atoms with Gasteiger partial charge in [-0.3, -0.25) is 4.90 Å². The molecule has 0 bridgehead atoms. The van der Waals surface area contributed by atoms with Gasteiger partial charge in [-0.2, -0.15) is 0 Å². The second kappa shape index (κ2) is 8.24. The number of aryl methyl sites for hydroxylation is 1. The van der Waals surface area contributed by atoms with E-state index in [2.05, 4.69) is 58.2 Å². The van der Waals surface area contributed by atoms with Crippen LogP contribution in [0.3, 0.4) is 0 Å². The summed E-state index contributed by atoms with van der Waals surface area (Å²) in [6.07, 6.45) is 1.78. The van der Waals surface area contributed by atoms with Crippen molar-refractivity contribution >= 4 is 5.96 Å². The molecule has 128 valence electrons. The van der Waals surface area contributed by atoms with E-state index in [1.807, 2.05) is 13.0 Å². The van der Waals surface area contributed by atoms with E-state index in [0.717, 1.165) is 37.1 Å². The van der Waals surface area contributed by atoms with E-state index in [0.29, 0.717) is 24.5 Å². The van der Waals surface area contributed by atoms with E-state index >= 15 is 0 Å². The lowest BCUT2D eigenvalue weighted by Gasteiger charge is -2.21. The summed E-state index contributed by atoms with van der Waals surface area (Å²) in [5.41, 5.74) is 0.943. The summed E-state index contributed by atoms with van der Waals surface area (Å²) in [6, 6.07) is 2.94. The van der Waals surface area contributed by atoms with E-state index < -0.39 is 0 Å². The van der Waals surface area contributed by atoms with E-state index in [9.17, 15) is 0 Å². The first-order chi connectivity index (χ1) is 11.0. The molecule has 2 N–H and O–H groups in total. The maximum atomic E-state index is 4.68. The molecule has 1 fully saturated rings. The first-order valence-corrected chi connectivity index (χ1v) is 8.57. The molecule has 0 amide bonds. The van der Waals surface area contributed by atoms with Crippen molar-refractivity contribution in [2.45, 2.75) is 53.2 Å². The predicted molar refractivity (Wildman–Crippen MR) is 94.4 cm³/mol. The SMILES string of the molecule is CCNC(=NCc1ccnc(C)n1)NC1CN(C(C)C)CC1C. The van der Waals surface area contributed by atoms with E-state index in [1.54, 1.807) is 6.20 Å². The van der Waals surface area contributed by atoms with Crippen LogP contribution < -0.4 is 10.6 Å². The molecule has 1 aliphatic rings. The van der Waals surface area contributed by atoms with Crippen molar-refractivity contribution in [2.75, 3.05) is 19.6 Å². The molecule has 2 unspecified atom stereocenters. The highest BCUT2D eigenvalue weighted by molar-refractivity contribution is 5.80. The number of nitrogens with zero attached hydrogens (tertiary/aromatic N) is 4. The molecule has 0 saturated carbocycles. The monoisotopic (exact) mass is 318 g/mol. The van der Waals surface area contributed by atoms with Crippen LogP contribution >= 0.6 is 0 Å². The highest BCUT2D eigenvalue weighted by Gasteiger charge is 2.31. The van der Waals surface area contributed by atoms with Gasteiger partial charge < -0.3 is 10.6 Å². The molecular weight excluding hydrogens is 288 g/mol. The van der Waals surface area contributed by atoms with Crippen molar-refractivity contribution in [3.8, 4) is 0 Å². The number of guanidine groups is 1. The number of nitrogens with one attached hydrogen (secondary N) is 2.